The fraction of sp³-hybridized carbons (Fsp3) is 0.167. The summed E-state index contributed by atoms with van der Waals surface area (Å²) in [6.07, 6.45) is 5.04. The van der Waals surface area contributed by atoms with Crippen LogP contribution in [0.25, 0.3) is 0 Å². The Morgan fingerprint density at radius 1 is 0.880 bits per heavy atom. The van der Waals surface area contributed by atoms with E-state index in [1.807, 2.05) is 36.4 Å². The first-order valence-corrected chi connectivity index (χ1v) is 7.72. The third-order valence-electron chi connectivity index (χ3n) is 3.55. The smallest absolute Gasteiger partial charge is 0.162 e. The molecular formula is C18H19N5O2. The maximum atomic E-state index is 5.31. The molecule has 0 radical (unpaired) electrons. The molecule has 0 aliphatic heterocycles. The minimum absolute atomic E-state index is 0.651. The minimum Gasteiger partial charge on any atom is -0.493 e. The molecule has 0 saturated carbocycles. The lowest BCUT2D eigenvalue weighted by atomic mass is 10.2. The zero-order valence-electron chi connectivity index (χ0n) is 14.1. The highest BCUT2D eigenvalue weighted by Crippen LogP contribution is 2.30. The first-order chi connectivity index (χ1) is 12.3. The maximum absolute atomic E-state index is 5.31. The number of hydrogen-bond acceptors (Lipinski definition) is 7. The van der Waals surface area contributed by atoms with E-state index in [-0.39, 0.29) is 0 Å². The second-order valence-corrected chi connectivity index (χ2v) is 5.19. The van der Waals surface area contributed by atoms with Crippen molar-refractivity contribution in [1.29, 1.82) is 0 Å². The fourth-order valence-electron chi connectivity index (χ4n) is 2.28. The molecule has 0 aliphatic carbocycles. The van der Waals surface area contributed by atoms with E-state index in [4.69, 9.17) is 9.47 Å². The Kier molecular flexibility index (Phi) is 5.26. The average Bonchev–Trinajstić information content (AvgIpc) is 2.67. The van der Waals surface area contributed by atoms with E-state index in [0.29, 0.717) is 23.9 Å². The molecule has 3 aromatic rings. The first kappa shape index (κ1) is 16.5. The van der Waals surface area contributed by atoms with Gasteiger partial charge in [-0.2, -0.15) is 0 Å². The Morgan fingerprint density at radius 3 is 2.40 bits per heavy atom. The summed E-state index contributed by atoms with van der Waals surface area (Å²) in [6, 6.07) is 11.3. The molecule has 1 aromatic carbocycles. The van der Waals surface area contributed by atoms with E-state index in [9.17, 15) is 0 Å². The topological polar surface area (TPSA) is 81.2 Å². The molecule has 2 N–H and O–H groups in total. The molecule has 0 spiro atoms. The van der Waals surface area contributed by atoms with Gasteiger partial charge in [0.05, 0.1) is 14.2 Å². The number of hydrogen-bond donors (Lipinski definition) is 2. The summed E-state index contributed by atoms with van der Waals surface area (Å²) in [5, 5.41) is 6.50. The van der Waals surface area contributed by atoms with Crippen molar-refractivity contribution in [2.45, 2.75) is 6.54 Å². The normalized spacial score (nSPS) is 10.2. The van der Waals surface area contributed by atoms with Crippen molar-refractivity contribution < 1.29 is 9.47 Å². The van der Waals surface area contributed by atoms with Gasteiger partial charge in [-0.25, -0.2) is 9.97 Å². The summed E-state index contributed by atoms with van der Waals surface area (Å²) in [6.45, 7) is 0.662. The first-order valence-electron chi connectivity index (χ1n) is 7.72. The fourth-order valence-corrected chi connectivity index (χ4v) is 2.28. The molecule has 128 valence electrons. The molecule has 0 fully saturated rings. The Morgan fingerprint density at radius 2 is 1.64 bits per heavy atom. The van der Waals surface area contributed by atoms with Crippen LogP contribution in [0, 0.1) is 0 Å². The predicted octanol–water partition coefficient (Wildman–Crippen LogP) is 3.24. The lowest BCUT2D eigenvalue weighted by Gasteiger charge is -2.11. The molecular weight excluding hydrogens is 318 g/mol. The highest BCUT2D eigenvalue weighted by Gasteiger charge is 2.06. The number of ether oxygens (including phenoxy) is 2. The van der Waals surface area contributed by atoms with Gasteiger partial charge in [0.15, 0.2) is 11.5 Å². The van der Waals surface area contributed by atoms with Gasteiger partial charge in [-0.1, -0.05) is 0 Å². The van der Waals surface area contributed by atoms with Gasteiger partial charge in [0.25, 0.3) is 0 Å². The number of benzene rings is 1. The Labute approximate surface area is 146 Å². The summed E-state index contributed by atoms with van der Waals surface area (Å²) in [7, 11) is 3.21. The van der Waals surface area contributed by atoms with Crippen LogP contribution in [-0.4, -0.2) is 29.2 Å². The number of rotatable bonds is 7. The quantitative estimate of drug-likeness (QED) is 0.685. The summed E-state index contributed by atoms with van der Waals surface area (Å²) in [5.74, 6) is 2.74. The lowest BCUT2D eigenvalue weighted by Crippen LogP contribution is -2.03. The molecule has 0 atom stereocenters. The summed E-state index contributed by atoms with van der Waals surface area (Å²) < 4.78 is 10.6. The molecule has 0 bridgehead atoms. The van der Waals surface area contributed by atoms with Crippen LogP contribution in [-0.2, 0) is 6.54 Å². The molecule has 2 aromatic heterocycles. The van der Waals surface area contributed by atoms with Gasteiger partial charge < -0.3 is 20.1 Å². The van der Waals surface area contributed by atoms with Crippen LogP contribution in [0.5, 0.6) is 11.5 Å². The van der Waals surface area contributed by atoms with Gasteiger partial charge in [0.2, 0.25) is 0 Å². The molecule has 7 nitrogen and oxygen atoms in total. The van der Waals surface area contributed by atoms with Crippen molar-refractivity contribution in [3.63, 3.8) is 0 Å². The standard InChI is InChI=1S/C18H19N5O2/c1-24-15-4-3-14(9-16(15)25-2)23-18-10-17(21-12-22-18)20-11-13-5-7-19-8-6-13/h3-10,12H,11H2,1-2H3,(H2,20,21,22,23). The van der Waals surface area contributed by atoms with Crippen LogP contribution in [0.2, 0.25) is 0 Å². The number of nitrogens with zero attached hydrogens (tertiary/aromatic N) is 3. The second kappa shape index (κ2) is 7.96. The lowest BCUT2D eigenvalue weighted by molar-refractivity contribution is 0.355. The van der Waals surface area contributed by atoms with Crippen molar-refractivity contribution in [2.24, 2.45) is 0 Å². The van der Waals surface area contributed by atoms with Gasteiger partial charge in [0, 0.05) is 36.8 Å². The van der Waals surface area contributed by atoms with E-state index >= 15 is 0 Å². The van der Waals surface area contributed by atoms with Gasteiger partial charge in [0.1, 0.15) is 18.0 Å². The summed E-state index contributed by atoms with van der Waals surface area (Å²) in [5.41, 5.74) is 1.97. The van der Waals surface area contributed by atoms with Crippen LogP contribution in [0.15, 0.2) is 55.1 Å². The van der Waals surface area contributed by atoms with Crippen LogP contribution in [0.1, 0.15) is 5.56 Å². The maximum Gasteiger partial charge on any atom is 0.162 e. The number of nitrogens with one attached hydrogen (secondary N) is 2. The van der Waals surface area contributed by atoms with Crippen molar-refractivity contribution >= 4 is 17.3 Å². The van der Waals surface area contributed by atoms with Gasteiger partial charge in [-0.3, -0.25) is 4.98 Å². The molecule has 2 heterocycles. The zero-order chi connectivity index (χ0) is 17.5. The third-order valence-corrected chi connectivity index (χ3v) is 3.55. The van der Waals surface area contributed by atoms with Crippen LogP contribution in [0.3, 0.4) is 0 Å². The molecule has 0 aliphatic rings. The zero-order valence-corrected chi connectivity index (χ0v) is 14.1. The van der Waals surface area contributed by atoms with Crippen molar-refractivity contribution in [3.8, 4) is 11.5 Å². The third kappa shape index (κ3) is 4.35. The number of pyridine rings is 1. The molecule has 3 rings (SSSR count). The number of aromatic nitrogens is 3. The monoisotopic (exact) mass is 337 g/mol. The molecule has 0 saturated heterocycles. The average molecular weight is 337 g/mol. The van der Waals surface area contributed by atoms with E-state index in [1.165, 1.54) is 6.33 Å². The Bertz CT molecular complexity index is 827. The minimum atomic E-state index is 0.651. The largest absolute Gasteiger partial charge is 0.493 e. The second-order valence-electron chi connectivity index (χ2n) is 5.19. The van der Waals surface area contributed by atoms with E-state index < -0.39 is 0 Å². The number of methoxy groups -OCH3 is 2. The van der Waals surface area contributed by atoms with Crippen molar-refractivity contribution in [1.82, 2.24) is 15.0 Å². The molecule has 25 heavy (non-hydrogen) atoms. The molecule has 7 heteroatoms. The summed E-state index contributed by atoms with van der Waals surface area (Å²) >= 11 is 0. The summed E-state index contributed by atoms with van der Waals surface area (Å²) in [4.78, 5) is 12.5. The molecule has 0 unspecified atom stereocenters. The van der Waals surface area contributed by atoms with Gasteiger partial charge in [-0.05, 0) is 29.8 Å². The Hall–Kier alpha value is -3.35. The predicted molar refractivity (Wildman–Crippen MR) is 96.4 cm³/mol. The highest BCUT2D eigenvalue weighted by molar-refractivity contribution is 5.62. The number of anilines is 3. The van der Waals surface area contributed by atoms with Crippen molar-refractivity contribution in [3.05, 3.63) is 60.7 Å². The van der Waals surface area contributed by atoms with Crippen LogP contribution in [0.4, 0.5) is 17.3 Å². The van der Waals surface area contributed by atoms with Crippen LogP contribution >= 0.6 is 0 Å². The van der Waals surface area contributed by atoms with Gasteiger partial charge >= 0.3 is 0 Å². The van der Waals surface area contributed by atoms with Crippen molar-refractivity contribution in [2.75, 3.05) is 24.9 Å². The van der Waals surface area contributed by atoms with Crippen LogP contribution < -0.4 is 20.1 Å². The van der Waals surface area contributed by atoms with Gasteiger partial charge in [-0.15, -0.1) is 0 Å². The highest BCUT2D eigenvalue weighted by atomic mass is 16.5. The molecule has 0 amide bonds. The van der Waals surface area contributed by atoms with E-state index in [1.54, 1.807) is 26.6 Å². The SMILES string of the molecule is COc1ccc(Nc2cc(NCc3ccncc3)ncn2)cc1OC. The van der Waals surface area contributed by atoms with E-state index in [0.717, 1.165) is 17.1 Å². The van der Waals surface area contributed by atoms with E-state index in [2.05, 4.69) is 25.6 Å². The Balaban J connectivity index is 1.69.